The molecule has 0 radical (unpaired) electrons. The number of aryl methyl sites for hydroxylation is 3. The van der Waals surface area contributed by atoms with Crippen LogP contribution in [0.4, 0.5) is 0 Å². The molecule has 3 rings (SSSR count). The molecule has 0 aliphatic rings. The van der Waals surface area contributed by atoms with Crippen LogP contribution in [0.2, 0.25) is 0 Å². The van der Waals surface area contributed by atoms with Crippen LogP contribution >= 0.6 is 7.51 Å². The average molecular weight is 623 g/mol. The Kier molecular flexibility index (Phi) is 15.6. The molecular weight excluding hydrogens is 563 g/mol. The van der Waals surface area contributed by atoms with Crippen LogP contribution in [0.1, 0.15) is 126 Å². The molecule has 4 nitrogen and oxygen atoms in total. The van der Waals surface area contributed by atoms with Crippen molar-refractivity contribution in [2.24, 2.45) is 0 Å². The van der Waals surface area contributed by atoms with Gasteiger partial charge < -0.3 is 0 Å². The maximum atomic E-state index is 12.8. The summed E-state index contributed by atoms with van der Waals surface area (Å²) in [5.74, 6) is 1.73. The summed E-state index contributed by atoms with van der Waals surface area (Å²) in [4.78, 5) is 12.8. The molecule has 3 aromatic rings. The Hall–Kier alpha value is -2.55. The van der Waals surface area contributed by atoms with E-state index in [-0.39, 0.29) is 6.16 Å². The Bertz CT molecular complexity index is 1110. The molecule has 0 atom stereocenters. The fourth-order valence-corrected chi connectivity index (χ4v) is 8.59. The van der Waals surface area contributed by atoms with E-state index in [4.69, 9.17) is 13.6 Å². The van der Waals surface area contributed by atoms with E-state index in [0.29, 0.717) is 17.2 Å². The third-order valence-corrected chi connectivity index (χ3v) is 11.2. The second-order valence-corrected chi connectivity index (χ2v) is 15.6. The van der Waals surface area contributed by atoms with Crippen molar-refractivity contribution in [2.45, 2.75) is 130 Å². The molecule has 0 aliphatic carbocycles. The summed E-state index contributed by atoms with van der Waals surface area (Å²) in [6, 6.07) is 23.2. The molecule has 0 saturated heterocycles. The molecule has 1 N–H and O–H groups in total. The molecule has 0 unspecified atom stereocenters. The van der Waals surface area contributed by atoms with Crippen molar-refractivity contribution in [1.82, 2.24) is 0 Å². The van der Waals surface area contributed by atoms with E-state index >= 15 is 0 Å². The van der Waals surface area contributed by atoms with Crippen molar-refractivity contribution < 1.29 is 18.5 Å². The van der Waals surface area contributed by atoms with Gasteiger partial charge in [0.2, 0.25) is 0 Å². The molecule has 244 valence electrons. The molecule has 0 amide bonds. The molecule has 3 aromatic carbocycles. The molecule has 0 aliphatic heterocycles. The monoisotopic (exact) mass is 622 g/mol. The fraction of sp³-hybridized carbons (Fsp3) is 0.538. The topological polar surface area (TPSA) is 47.9 Å². The summed E-state index contributed by atoms with van der Waals surface area (Å²) in [6.45, 7) is 8.22. The Labute approximate surface area is 268 Å². The zero-order valence-corrected chi connectivity index (χ0v) is 29.0. The Morgan fingerprint density at radius 2 is 0.705 bits per heavy atom. The fourth-order valence-electron chi connectivity index (χ4n) is 5.68. The van der Waals surface area contributed by atoms with Crippen LogP contribution in [0.3, 0.4) is 0 Å². The molecule has 0 spiro atoms. The van der Waals surface area contributed by atoms with E-state index in [2.05, 4.69) is 6.92 Å². The van der Waals surface area contributed by atoms with E-state index < -0.39 is 7.51 Å². The van der Waals surface area contributed by atoms with Crippen LogP contribution in [0.5, 0.6) is 17.2 Å². The molecule has 0 fully saturated rings. The van der Waals surface area contributed by atoms with Gasteiger partial charge in [0.25, 0.3) is 0 Å². The predicted molar refractivity (Wildman–Crippen MR) is 189 cm³/mol. The van der Waals surface area contributed by atoms with Crippen LogP contribution < -0.4 is 13.6 Å². The molecule has 5 heteroatoms. The molecule has 0 bridgehead atoms. The van der Waals surface area contributed by atoms with Crippen LogP contribution in [0.25, 0.3) is 0 Å². The van der Waals surface area contributed by atoms with E-state index in [1.165, 1.54) is 83.5 Å². The van der Waals surface area contributed by atoms with Gasteiger partial charge in [-0.05, 0) is 0 Å². The van der Waals surface area contributed by atoms with Gasteiger partial charge in [0, 0.05) is 0 Å². The van der Waals surface area contributed by atoms with Crippen LogP contribution in [0.15, 0.2) is 72.8 Å². The summed E-state index contributed by atoms with van der Waals surface area (Å²) >= 11 is 0. The first-order chi connectivity index (χ1) is 21.3. The third kappa shape index (κ3) is 12.4. The first-order valence-corrected chi connectivity index (χ1v) is 19.5. The normalized spacial score (nSPS) is 12.4. The number of hydrogen-bond acceptors (Lipinski definition) is 4. The second-order valence-electron chi connectivity index (χ2n) is 12.6. The van der Waals surface area contributed by atoms with Crippen LogP contribution in [-0.2, 0) is 0 Å². The summed E-state index contributed by atoms with van der Waals surface area (Å²) in [7, 11) is -4.73. The van der Waals surface area contributed by atoms with Gasteiger partial charge in [-0.15, -0.1) is 0 Å². The van der Waals surface area contributed by atoms with Gasteiger partial charge in [0.1, 0.15) is 0 Å². The van der Waals surface area contributed by atoms with Crippen LogP contribution in [-0.4, -0.2) is 11.1 Å². The van der Waals surface area contributed by atoms with Crippen molar-refractivity contribution in [3.8, 4) is 17.2 Å². The number of para-hydroxylation sites is 3. The van der Waals surface area contributed by atoms with Gasteiger partial charge in [-0.25, -0.2) is 0 Å². The van der Waals surface area contributed by atoms with E-state index in [0.717, 1.165) is 36.0 Å². The Morgan fingerprint density at radius 1 is 0.432 bits per heavy atom. The SMILES string of the molecule is CCCCCCCCCCCCCCCCCCP(O)(Oc1ccccc1C)(Oc1ccccc1C)Oc1ccccc1C. The van der Waals surface area contributed by atoms with Gasteiger partial charge in [0.15, 0.2) is 0 Å². The Balaban J connectivity index is 1.58. The van der Waals surface area contributed by atoms with Crippen LogP contribution in [0, 0.1) is 20.8 Å². The summed E-state index contributed by atoms with van der Waals surface area (Å²) in [5, 5.41) is 0. The van der Waals surface area contributed by atoms with Gasteiger partial charge in [-0.3, -0.25) is 0 Å². The van der Waals surface area contributed by atoms with Crippen molar-refractivity contribution in [1.29, 1.82) is 0 Å². The van der Waals surface area contributed by atoms with Gasteiger partial charge >= 0.3 is 230 Å². The third-order valence-electron chi connectivity index (χ3n) is 8.50. The van der Waals surface area contributed by atoms with Crippen molar-refractivity contribution >= 4 is 7.51 Å². The number of benzene rings is 3. The minimum absolute atomic E-state index is 0.279. The molecule has 44 heavy (non-hydrogen) atoms. The standard InChI is InChI=1S/C39H59O4P/c1-5-6-7-8-9-10-11-12-13-14-15-16-17-18-19-26-33-44(40,41-37-30-23-20-27-34(37)2,42-38-31-24-21-28-35(38)3)43-39-32-25-22-29-36(39)4/h20-25,27-32,40H,5-19,26,33H2,1-4H3. The number of hydrogen-bond donors (Lipinski definition) is 1. The second kappa shape index (κ2) is 19.1. The van der Waals surface area contributed by atoms with Gasteiger partial charge in [-0.1, -0.05) is 39.0 Å². The zero-order chi connectivity index (χ0) is 31.5. The number of rotatable bonds is 23. The van der Waals surface area contributed by atoms with E-state index in [1.54, 1.807) is 0 Å². The summed E-state index contributed by atoms with van der Waals surface area (Å²) in [6.07, 6.45) is 20.9. The molecule has 0 aromatic heterocycles. The van der Waals surface area contributed by atoms with Crippen molar-refractivity contribution in [2.75, 3.05) is 6.16 Å². The molecule has 0 heterocycles. The Morgan fingerprint density at radius 3 is 1.00 bits per heavy atom. The maximum absolute atomic E-state index is 12.8. The molecular formula is C39H59O4P. The van der Waals surface area contributed by atoms with Gasteiger partial charge in [-0.2, -0.15) is 0 Å². The first kappa shape index (κ1) is 35.9. The summed E-state index contributed by atoms with van der Waals surface area (Å²) < 4.78 is 19.8. The zero-order valence-electron chi connectivity index (χ0n) is 28.1. The van der Waals surface area contributed by atoms with Crippen molar-refractivity contribution in [3.63, 3.8) is 0 Å². The predicted octanol–water partition coefficient (Wildman–Crippen LogP) is 12.6. The summed E-state index contributed by atoms with van der Waals surface area (Å²) in [5.41, 5.74) is 2.76. The van der Waals surface area contributed by atoms with E-state index in [1.807, 2.05) is 93.6 Å². The first-order valence-electron chi connectivity index (χ1n) is 17.4. The van der Waals surface area contributed by atoms with E-state index in [9.17, 15) is 4.89 Å². The number of unbranched alkanes of at least 4 members (excludes halogenated alkanes) is 15. The molecule has 0 saturated carbocycles. The van der Waals surface area contributed by atoms with Gasteiger partial charge in [0.05, 0.1) is 0 Å². The quantitative estimate of drug-likeness (QED) is 0.0844. The average Bonchev–Trinajstić information content (AvgIpc) is 3.01. The van der Waals surface area contributed by atoms with Crippen molar-refractivity contribution in [3.05, 3.63) is 89.5 Å². The minimum atomic E-state index is -4.73.